The highest BCUT2D eigenvalue weighted by Gasteiger charge is 2.21. The van der Waals surface area contributed by atoms with Gasteiger partial charge in [-0.05, 0) is 37.3 Å². The molecule has 0 bridgehead atoms. The van der Waals surface area contributed by atoms with E-state index in [9.17, 15) is 18.2 Å². The molecule has 0 aromatic heterocycles. The van der Waals surface area contributed by atoms with E-state index in [0.29, 0.717) is 4.90 Å². The number of anilines is 1. The van der Waals surface area contributed by atoms with Gasteiger partial charge in [-0.2, -0.15) is 0 Å². The first-order valence-corrected chi connectivity index (χ1v) is 8.64. The minimum absolute atomic E-state index is 0.142. The molecule has 1 N–H and O–H groups in total. The molecule has 2 aromatic carbocycles. The van der Waals surface area contributed by atoms with E-state index in [1.807, 2.05) is 0 Å². The molecule has 2 aromatic rings. The summed E-state index contributed by atoms with van der Waals surface area (Å²) in [6.45, 7) is 1.40. The van der Waals surface area contributed by atoms with Gasteiger partial charge in [0.2, 0.25) is 0 Å². The number of carbonyl (C=O) groups is 2. The van der Waals surface area contributed by atoms with Gasteiger partial charge in [-0.3, -0.25) is 9.00 Å². The Balaban J connectivity index is 2.06. The van der Waals surface area contributed by atoms with Gasteiger partial charge in [-0.25, -0.2) is 9.18 Å². The highest BCUT2D eigenvalue weighted by Crippen LogP contribution is 2.15. The van der Waals surface area contributed by atoms with Gasteiger partial charge in [0.1, 0.15) is 5.82 Å². The summed E-state index contributed by atoms with van der Waals surface area (Å²) >= 11 is 0. The van der Waals surface area contributed by atoms with E-state index >= 15 is 0 Å². The van der Waals surface area contributed by atoms with Gasteiger partial charge >= 0.3 is 5.97 Å². The number of amides is 1. The van der Waals surface area contributed by atoms with Crippen molar-refractivity contribution in [2.24, 2.45) is 0 Å². The van der Waals surface area contributed by atoms with Gasteiger partial charge in [0.05, 0.1) is 21.3 Å². The first kappa shape index (κ1) is 17.8. The number of halogens is 1. The molecule has 5 nitrogen and oxygen atoms in total. The average molecular weight is 349 g/mol. The Kier molecular flexibility index (Phi) is 5.81. The molecule has 126 valence electrons. The molecule has 0 fully saturated rings. The molecule has 24 heavy (non-hydrogen) atoms. The predicted molar refractivity (Wildman–Crippen MR) is 88.7 cm³/mol. The van der Waals surface area contributed by atoms with Crippen molar-refractivity contribution in [2.45, 2.75) is 17.9 Å². The topological polar surface area (TPSA) is 72.5 Å². The zero-order valence-corrected chi connectivity index (χ0v) is 13.9. The number of hydrogen-bond donors (Lipinski definition) is 1. The number of hydrogen-bond acceptors (Lipinski definition) is 4. The quantitative estimate of drug-likeness (QED) is 0.843. The van der Waals surface area contributed by atoms with E-state index in [1.165, 1.54) is 37.4 Å². The summed E-state index contributed by atoms with van der Waals surface area (Å²) < 4.78 is 29.9. The van der Waals surface area contributed by atoms with Crippen molar-refractivity contribution < 1.29 is 22.9 Å². The van der Waals surface area contributed by atoms with Crippen LogP contribution in [0.2, 0.25) is 0 Å². The van der Waals surface area contributed by atoms with Crippen LogP contribution in [0.5, 0.6) is 0 Å². The molecular weight excluding hydrogens is 333 g/mol. The van der Waals surface area contributed by atoms with Crippen molar-refractivity contribution in [3.63, 3.8) is 0 Å². The van der Waals surface area contributed by atoms with E-state index in [-0.39, 0.29) is 11.3 Å². The summed E-state index contributed by atoms with van der Waals surface area (Å²) in [7, 11) is -1.36. The van der Waals surface area contributed by atoms with Crippen molar-refractivity contribution in [1.82, 2.24) is 0 Å². The summed E-state index contributed by atoms with van der Waals surface area (Å²) in [5.41, 5.74) is 0.404. The van der Waals surface area contributed by atoms with Crippen molar-refractivity contribution in [3.05, 3.63) is 59.9 Å². The zero-order chi connectivity index (χ0) is 17.7. The minimum atomic E-state index is -1.36. The SMILES string of the molecule is C[C@H](OC(=O)c1ccccc1[S@](C)=O)C(=O)Nc1cccc(F)c1. The zero-order valence-electron chi connectivity index (χ0n) is 13.1. The molecule has 0 heterocycles. The van der Waals surface area contributed by atoms with Crippen molar-refractivity contribution in [3.8, 4) is 0 Å². The summed E-state index contributed by atoms with van der Waals surface area (Å²) in [4.78, 5) is 24.6. The van der Waals surface area contributed by atoms with Gasteiger partial charge in [-0.15, -0.1) is 0 Å². The first-order valence-electron chi connectivity index (χ1n) is 7.08. The van der Waals surface area contributed by atoms with Crippen LogP contribution in [0.1, 0.15) is 17.3 Å². The maximum absolute atomic E-state index is 13.1. The van der Waals surface area contributed by atoms with Gasteiger partial charge in [0.15, 0.2) is 6.10 Å². The molecular formula is C17H16FNO4S. The van der Waals surface area contributed by atoms with Crippen LogP contribution in [-0.2, 0) is 20.3 Å². The Hall–Kier alpha value is -2.54. The maximum Gasteiger partial charge on any atom is 0.340 e. The summed E-state index contributed by atoms with van der Waals surface area (Å²) in [5.74, 6) is -1.83. The third-order valence-electron chi connectivity index (χ3n) is 3.16. The number of carbonyl (C=O) groups excluding carboxylic acids is 2. The van der Waals surface area contributed by atoms with Gasteiger partial charge in [0.25, 0.3) is 5.91 Å². The first-order chi connectivity index (χ1) is 11.4. The Morgan fingerprint density at radius 2 is 1.88 bits per heavy atom. The molecule has 0 radical (unpaired) electrons. The number of benzene rings is 2. The third-order valence-corrected chi connectivity index (χ3v) is 4.14. The van der Waals surface area contributed by atoms with E-state index in [4.69, 9.17) is 4.74 Å². The fraction of sp³-hybridized carbons (Fsp3) is 0.176. The Bertz CT molecular complexity index is 794. The smallest absolute Gasteiger partial charge is 0.340 e. The van der Waals surface area contributed by atoms with Gasteiger partial charge in [0, 0.05) is 11.9 Å². The predicted octanol–water partition coefficient (Wildman–Crippen LogP) is 2.75. The van der Waals surface area contributed by atoms with E-state index < -0.39 is 34.6 Å². The monoisotopic (exact) mass is 349 g/mol. The second-order valence-electron chi connectivity index (χ2n) is 5.00. The number of ether oxygens (including phenoxy) is 1. The lowest BCUT2D eigenvalue weighted by Crippen LogP contribution is -2.30. The highest BCUT2D eigenvalue weighted by molar-refractivity contribution is 7.84. The maximum atomic E-state index is 13.1. The Morgan fingerprint density at radius 1 is 1.17 bits per heavy atom. The Labute approximate surface area is 141 Å². The van der Waals surface area contributed by atoms with Crippen LogP contribution in [0.4, 0.5) is 10.1 Å². The molecule has 7 heteroatoms. The number of esters is 1. The van der Waals surface area contributed by atoms with E-state index in [0.717, 1.165) is 6.07 Å². The fourth-order valence-electron chi connectivity index (χ4n) is 1.97. The lowest BCUT2D eigenvalue weighted by Gasteiger charge is -2.14. The lowest BCUT2D eigenvalue weighted by molar-refractivity contribution is -0.123. The third kappa shape index (κ3) is 4.48. The summed E-state index contributed by atoms with van der Waals surface area (Å²) in [6.07, 6.45) is 0.353. The molecule has 0 spiro atoms. The molecule has 2 rings (SSSR count). The van der Waals surface area contributed by atoms with Crippen LogP contribution < -0.4 is 5.32 Å². The van der Waals surface area contributed by atoms with Crippen molar-refractivity contribution >= 4 is 28.4 Å². The van der Waals surface area contributed by atoms with E-state index in [1.54, 1.807) is 18.2 Å². The highest BCUT2D eigenvalue weighted by atomic mass is 32.2. The second-order valence-corrected chi connectivity index (χ2v) is 6.35. The number of nitrogens with one attached hydrogen (secondary N) is 1. The van der Waals surface area contributed by atoms with Crippen LogP contribution >= 0.6 is 0 Å². The molecule has 0 aliphatic heterocycles. The van der Waals surface area contributed by atoms with Crippen LogP contribution in [0.25, 0.3) is 0 Å². The molecule has 0 aliphatic rings. The van der Waals surface area contributed by atoms with Crippen LogP contribution in [0.15, 0.2) is 53.4 Å². The van der Waals surface area contributed by atoms with Crippen LogP contribution in [-0.4, -0.2) is 28.4 Å². The number of rotatable bonds is 5. The summed E-state index contributed by atoms with van der Waals surface area (Å²) in [5, 5.41) is 2.46. The van der Waals surface area contributed by atoms with Crippen LogP contribution in [0, 0.1) is 5.82 Å². The average Bonchev–Trinajstić information content (AvgIpc) is 2.54. The fourth-order valence-corrected chi connectivity index (χ4v) is 2.70. The van der Waals surface area contributed by atoms with E-state index in [2.05, 4.69) is 5.32 Å². The molecule has 0 saturated carbocycles. The second kappa shape index (κ2) is 7.83. The molecule has 0 saturated heterocycles. The van der Waals surface area contributed by atoms with Crippen molar-refractivity contribution in [2.75, 3.05) is 11.6 Å². The van der Waals surface area contributed by atoms with Gasteiger partial charge < -0.3 is 10.1 Å². The van der Waals surface area contributed by atoms with Crippen LogP contribution in [0.3, 0.4) is 0 Å². The minimum Gasteiger partial charge on any atom is -0.449 e. The summed E-state index contributed by atoms with van der Waals surface area (Å²) in [6, 6.07) is 11.7. The standard InChI is InChI=1S/C17H16FNO4S/c1-11(16(20)19-13-7-5-6-12(18)10-13)23-17(21)14-8-3-4-9-15(14)24(2)22/h3-11H,1-2H3,(H,19,20)/t11-,24-/m0/s1. The van der Waals surface area contributed by atoms with Gasteiger partial charge in [-0.1, -0.05) is 18.2 Å². The normalized spacial score (nSPS) is 13.0. The molecule has 1 amide bonds. The molecule has 2 atom stereocenters. The molecule has 0 aliphatic carbocycles. The lowest BCUT2D eigenvalue weighted by atomic mass is 10.2. The Morgan fingerprint density at radius 3 is 2.54 bits per heavy atom. The molecule has 0 unspecified atom stereocenters. The largest absolute Gasteiger partial charge is 0.449 e. The van der Waals surface area contributed by atoms with Crippen molar-refractivity contribution in [1.29, 1.82) is 0 Å².